The van der Waals surface area contributed by atoms with Gasteiger partial charge in [0.25, 0.3) is 0 Å². The predicted octanol–water partition coefficient (Wildman–Crippen LogP) is 5.01. The van der Waals surface area contributed by atoms with Crippen molar-refractivity contribution >= 4 is 35.0 Å². The minimum atomic E-state index is -0.439. The van der Waals surface area contributed by atoms with Crippen LogP contribution in [0.1, 0.15) is 42.1 Å². The van der Waals surface area contributed by atoms with Crippen LogP contribution >= 0.6 is 23.2 Å². The third-order valence-corrected chi connectivity index (χ3v) is 5.14. The van der Waals surface area contributed by atoms with Gasteiger partial charge in [-0.15, -0.1) is 0 Å². The molecule has 0 N–H and O–H groups in total. The highest BCUT2D eigenvalue weighted by atomic mass is 35.5. The molecule has 31 heavy (non-hydrogen) atoms. The largest absolute Gasteiger partial charge is 0.466 e. The van der Waals surface area contributed by atoms with Gasteiger partial charge in [0.15, 0.2) is 5.82 Å². The zero-order chi connectivity index (χ0) is 22.2. The van der Waals surface area contributed by atoms with E-state index < -0.39 is 5.97 Å². The van der Waals surface area contributed by atoms with Gasteiger partial charge in [0.05, 0.1) is 6.61 Å². The van der Waals surface area contributed by atoms with E-state index in [-0.39, 0.29) is 43.5 Å². The maximum atomic E-state index is 12.8. The lowest BCUT2D eigenvalue weighted by atomic mass is 9.91. The van der Waals surface area contributed by atoms with E-state index in [0.717, 1.165) is 11.1 Å². The molecule has 0 spiro atoms. The van der Waals surface area contributed by atoms with E-state index in [1.807, 2.05) is 24.3 Å². The number of carbonyl (C=O) groups is 2. The first-order valence-corrected chi connectivity index (χ1v) is 10.7. The summed E-state index contributed by atoms with van der Waals surface area (Å²) in [5, 5.41) is 5.28. The number of Topliss-reactive ketones (excluding diaryl/α,β-unsaturated/α-hetero) is 1. The van der Waals surface area contributed by atoms with Crippen LogP contribution in [-0.4, -0.2) is 28.5 Å². The fraction of sp³-hybridized carbons (Fsp3) is 0.304. The van der Waals surface area contributed by atoms with E-state index in [0.29, 0.717) is 22.3 Å². The molecule has 0 fully saturated rings. The van der Waals surface area contributed by atoms with Gasteiger partial charge in [-0.2, -0.15) is 4.98 Å². The van der Waals surface area contributed by atoms with Crippen LogP contribution in [0.3, 0.4) is 0 Å². The zero-order valence-corrected chi connectivity index (χ0v) is 18.5. The molecule has 0 radical (unpaired) electrons. The quantitative estimate of drug-likeness (QED) is 0.395. The fourth-order valence-electron chi connectivity index (χ4n) is 3.18. The van der Waals surface area contributed by atoms with Gasteiger partial charge in [0, 0.05) is 28.8 Å². The van der Waals surface area contributed by atoms with Crippen molar-refractivity contribution in [3.63, 3.8) is 0 Å². The lowest BCUT2D eigenvalue weighted by molar-refractivity contribution is -0.142. The number of esters is 1. The van der Waals surface area contributed by atoms with E-state index in [4.69, 9.17) is 32.5 Å². The Labute approximate surface area is 190 Å². The molecule has 6 nitrogen and oxygen atoms in total. The summed E-state index contributed by atoms with van der Waals surface area (Å²) in [6, 6.07) is 14.6. The second kappa shape index (κ2) is 11.1. The SMILES string of the molecule is CCOC(=O)Cc1nc([C@@H](CC(=O)Cc2ccc(Cl)cc2)Cc2ccc(Cl)cc2)no1. The number of halogens is 2. The maximum absolute atomic E-state index is 12.8. The molecule has 0 aliphatic heterocycles. The van der Waals surface area contributed by atoms with Gasteiger partial charge in [0.1, 0.15) is 12.2 Å². The molecule has 0 saturated carbocycles. The van der Waals surface area contributed by atoms with Crippen molar-refractivity contribution in [1.29, 1.82) is 0 Å². The number of ketones is 1. The number of carbonyl (C=O) groups excluding carboxylic acids is 2. The van der Waals surface area contributed by atoms with Gasteiger partial charge in [-0.3, -0.25) is 9.59 Å². The molecule has 0 bridgehead atoms. The van der Waals surface area contributed by atoms with Crippen LogP contribution < -0.4 is 0 Å². The van der Waals surface area contributed by atoms with Gasteiger partial charge in [0.2, 0.25) is 5.89 Å². The van der Waals surface area contributed by atoms with Crippen molar-refractivity contribution in [2.24, 2.45) is 0 Å². The zero-order valence-electron chi connectivity index (χ0n) is 17.0. The van der Waals surface area contributed by atoms with Crippen molar-refractivity contribution < 1.29 is 18.8 Å². The molecule has 162 valence electrons. The third kappa shape index (κ3) is 7.19. The first kappa shape index (κ1) is 23.0. The van der Waals surface area contributed by atoms with Crippen molar-refractivity contribution in [2.45, 2.75) is 38.5 Å². The highest BCUT2D eigenvalue weighted by Gasteiger charge is 2.23. The van der Waals surface area contributed by atoms with E-state index in [1.165, 1.54) is 0 Å². The van der Waals surface area contributed by atoms with Crippen molar-refractivity contribution in [3.05, 3.63) is 81.4 Å². The average Bonchev–Trinajstić information content (AvgIpc) is 3.19. The summed E-state index contributed by atoms with van der Waals surface area (Å²) in [7, 11) is 0. The smallest absolute Gasteiger partial charge is 0.315 e. The Morgan fingerprint density at radius 2 is 1.58 bits per heavy atom. The van der Waals surface area contributed by atoms with Gasteiger partial charge in [-0.05, 0) is 48.7 Å². The summed E-state index contributed by atoms with van der Waals surface area (Å²) in [5.74, 6) is -0.150. The molecular formula is C23H22Cl2N2O4. The van der Waals surface area contributed by atoms with Crippen LogP contribution in [-0.2, 0) is 33.6 Å². The molecule has 3 aromatic rings. The summed E-state index contributed by atoms with van der Waals surface area (Å²) in [5.41, 5.74) is 1.88. The van der Waals surface area contributed by atoms with Gasteiger partial charge in [-0.1, -0.05) is 52.6 Å². The van der Waals surface area contributed by atoms with Crippen molar-refractivity contribution in [2.75, 3.05) is 6.61 Å². The van der Waals surface area contributed by atoms with Crippen LogP contribution in [0, 0.1) is 0 Å². The molecule has 8 heteroatoms. The summed E-state index contributed by atoms with van der Waals surface area (Å²) in [6.07, 6.45) is 0.931. The fourth-order valence-corrected chi connectivity index (χ4v) is 3.43. The average molecular weight is 461 g/mol. The molecule has 0 saturated heterocycles. The molecule has 1 atom stereocenters. The van der Waals surface area contributed by atoms with Crippen LogP contribution in [0.2, 0.25) is 10.0 Å². The second-order valence-electron chi connectivity index (χ2n) is 7.10. The molecule has 3 rings (SSSR count). The molecule has 1 aromatic heterocycles. The Hall–Kier alpha value is -2.70. The number of nitrogens with zero attached hydrogens (tertiary/aromatic N) is 2. The summed E-state index contributed by atoms with van der Waals surface area (Å²) in [4.78, 5) is 28.8. The minimum absolute atomic E-state index is 0.0398. The molecule has 0 unspecified atom stereocenters. The van der Waals surface area contributed by atoms with Crippen LogP contribution in [0.5, 0.6) is 0 Å². The molecular weight excluding hydrogens is 439 g/mol. The lowest BCUT2D eigenvalue weighted by Crippen LogP contribution is -2.14. The lowest BCUT2D eigenvalue weighted by Gasteiger charge is -2.13. The van der Waals surface area contributed by atoms with Gasteiger partial charge >= 0.3 is 5.97 Å². The topological polar surface area (TPSA) is 82.3 Å². The normalized spacial score (nSPS) is 11.8. The molecule has 1 heterocycles. The van der Waals surface area contributed by atoms with Crippen LogP contribution in [0.15, 0.2) is 53.1 Å². The van der Waals surface area contributed by atoms with Crippen LogP contribution in [0.25, 0.3) is 0 Å². The Morgan fingerprint density at radius 1 is 0.968 bits per heavy atom. The molecule has 0 aliphatic rings. The summed E-state index contributed by atoms with van der Waals surface area (Å²) < 4.78 is 10.1. The molecule has 0 amide bonds. The predicted molar refractivity (Wildman–Crippen MR) is 117 cm³/mol. The number of rotatable bonds is 10. The molecule has 2 aromatic carbocycles. The Balaban J connectivity index is 1.75. The van der Waals surface area contributed by atoms with E-state index in [9.17, 15) is 9.59 Å². The van der Waals surface area contributed by atoms with E-state index in [1.54, 1.807) is 31.2 Å². The highest BCUT2D eigenvalue weighted by molar-refractivity contribution is 6.30. The minimum Gasteiger partial charge on any atom is -0.466 e. The first-order chi connectivity index (χ1) is 14.9. The number of ether oxygens (including phenoxy) is 1. The summed E-state index contributed by atoms with van der Waals surface area (Å²) >= 11 is 11.9. The number of aromatic nitrogens is 2. The van der Waals surface area contributed by atoms with Crippen molar-refractivity contribution in [1.82, 2.24) is 10.1 Å². The third-order valence-electron chi connectivity index (χ3n) is 4.63. The summed E-state index contributed by atoms with van der Waals surface area (Å²) in [6.45, 7) is 2.00. The number of hydrogen-bond donors (Lipinski definition) is 0. The Morgan fingerprint density at radius 3 is 2.19 bits per heavy atom. The maximum Gasteiger partial charge on any atom is 0.315 e. The van der Waals surface area contributed by atoms with Crippen LogP contribution in [0.4, 0.5) is 0 Å². The van der Waals surface area contributed by atoms with E-state index >= 15 is 0 Å². The number of hydrogen-bond acceptors (Lipinski definition) is 6. The number of benzene rings is 2. The highest BCUT2D eigenvalue weighted by Crippen LogP contribution is 2.25. The monoisotopic (exact) mass is 460 g/mol. The van der Waals surface area contributed by atoms with Crippen molar-refractivity contribution in [3.8, 4) is 0 Å². The Kier molecular flexibility index (Phi) is 8.20. The molecule has 0 aliphatic carbocycles. The van der Waals surface area contributed by atoms with E-state index in [2.05, 4.69) is 10.1 Å². The standard InChI is InChI=1S/C23H22Cl2N2O4/c1-2-30-22(29)14-21-26-23(27-31-21)17(11-15-3-7-18(24)8-4-15)13-20(28)12-16-5-9-19(25)10-6-16/h3-10,17H,2,11-14H2,1H3/t17-/m1/s1. The second-order valence-corrected chi connectivity index (χ2v) is 7.97. The van der Waals surface area contributed by atoms with Gasteiger partial charge in [-0.25, -0.2) is 0 Å². The first-order valence-electron chi connectivity index (χ1n) is 9.91. The van der Waals surface area contributed by atoms with Gasteiger partial charge < -0.3 is 9.26 Å². The Bertz CT molecular complexity index is 1020.